The van der Waals surface area contributed by atoms with Crippen molar-refractivity contribution < 1.29 is 19.4 Å². The van der Waals surface area contributed by atoms with Crippen molar-refractivity contribution >= 4 is 35.0 Å². The summed E-state index contributed by atoms with van der Waals surface area (Å²) in [6.07, 6.45) is 2.02. The summed E-state index contributed by atoms with van der Waals surface area (Å²) in [6, 6.07) is 13.9. The Kier molecular flexibility index (Phi) is 7.90. The van der Waals surface area contributed by atoms with E-state index in [9.17, 15) is 9.59 Å². The van der Waals surface area contributed by atoms with E-state index in [1.165, 1.54) is 15.4 Å². The number of anilines is 2. The third-order valence-corrected chi connectivity index (χ3v) is 6.44. The number of piperazine rings is 1. The van der Waals surface area contributed by atoms with Crippen LogP contribution in [0.1, 0.15) is 11.1 Å². The second-order valence-electron chi connectivity index (χ2n) is 7.93. The molecule has 4 N–H and O–H groups in total. The van der Waals surface area contributed by atoms with Crippen molar-refractivity contribution in [3.63, 3.8) is 0 Å². The predicted molar refractivity (Wildman–Crippen MR) is 123 cm³/mol. The van der Waals surface area contributed by atoms with Gasteiger partial charge in [-0.05, 0) is 55.5 Å². The number of nitrogens with one attached hydrogen (secondary N) is 4. The van der Waals surface area contributed by atoms with Crippen LogP contribution in [-0.4, -0.2) is 57.3 Å². The maximum atomic E-state index is 12.5. The fraction of sp³-hybridized carbons (Fsp3) is 0.391. The number of carbonyl (C=O) groups is 2. The lowest BCUT2D eigenvalue weighted by Crippen LogP contribution is -3.28. The minimum absolute atomic E-state index is 0.0411. The molecule has 0 bridgehead atoms. The minimum atomic E-state index is 0.0411. The monoisotopic (exact) mass is 428 g/mol. The van der Waals surface area contributed by atoms with Gasteiger partial charge in [-0.15, -0.1) is 11.8 Å². The summed E-state index contributed by atoms with van der Waals surface area (Å²) in [4.78, 5) is 28.5. The Bertz CT molecular complexity index is 895. The number of amides is 2. The number of aryl methyl sites for hydroxylation is 1. The Morgan fingerprint density at radius 3 is 2.13 bits per heavy atom. The molecular weight excluding hydrogens is 396 g/mol. The van der Waals surface area contributed by atoms with Crippen molar-refractivity contribution in [2.24, 2.45) is 0 Å². The van der Waals surface area contributed by atoms with Gasteiger partial charge in [0.05, 0.1) is 0 Å². The fourth-order valence-electron chi connectivity index (χ4n) is 3.75. The summed E-state index contributed by atoms with van der Waals surface area (Å²) >= 11 is 1.66. The zero-order valence-corrected chi connectivity index (χ0v) is 18.8. The van der Waals surface area contributed by atoms with Gasteiger partial charge in [0.2, 0.25) is 0 Å². The summed E-state index contributed by atoms with van der Waals surface area (Å²) in [5, 5.41) is 6.05. The van der Waals surface area contributed by atoms with Gasteiger partial charge in [-0.25, -0.2) is 0 Å². The smallest absolute Gasteiger partial charge is 0.279 e. The van der Waals surface area contributed by atoms with Crippen LogP contribution >= 0.6 is 11.8 Å². The van der Waals surface area contributed by atoms with E-state index in [2.05, 4.69) is 10.6 Å². The molecule has 0 atom stereocenters. The van der Waals surface area contributed by atoms with Crippen LogP contribution in [0.3, 0.4) is 0 Å². The number of rotatable bonds is 7. The highest BCUT2D eigenvalue weighted by Gasteiger charge is 2.26. The molecule has 2 aromatic rings. The van der Waals surface area contributed by atoms with Gasteiger partial charge >= 0.3 is 0 Å². The minimum Gasteiger partial charge on any atom is -0.321 e. The first kappa shape index (κ1) is 22.3. The molecule has 2 aromatic carbocycles. The molecule has 0 radical (unpaired) electrons. The molecule has 1 aliphatic rings. The molecule has 1 fully saturated rings. The van der Waals surface area contributed by atoms with Crippen LogP contribution in [0.5, 0.6) is 0 Å². The first-order valence-corrected chi connectivity index (χ1v) is 11.6. The van der Waals surface area contributed by atoms with Gasteiger partial charge in [0.15, 0.2) is 13.1 Å². The molecule has 3 rings (SSSR count). The number of benzene rings is 2. The highest BCUT2D eigenvalue weighted by atomic mass is 32.2. The third kappa shape index (κ3) is 6.32. The Balaban J connectivity index is 1.41. The number of thioether (sulfide) groups is 1. The molecule has 7 heteroatoms. The zero-order chi connectivity index (χ0) is 21.5. The topological polar surface area (TPSA) is 67.1 Å². The molecule has 2 amide bonds. The molecule has 0 saturated carbocycles. The number of quaternary nitrogens is 2. The molecule has 0 spiro atoms. The summed E-state index contributed by atoms with van der Waals surface area (Å²) in [5.41, 5.74) is 4.03. The van der Waals surface area contributed by atoms with Crippen molar-refractivity contribution in [2.45, 2.75) is 18.7 Å². The lowest BCUT2D eigenvalue weighted by atomic mass is 10.1. The second kappa shape index (κ2) is 10.6. The Morgan fingerprint density at radius 2 is 1.50 bits per heavy atom. The van der Waals surface area contributed by atoms with E-state index in [1.54, 1.807) is 11.8 Å². The van der Waals surface area contributed by atoms with Crippen molar-refractivity contribution in [2.75, 3.05) is 56.2 Å². The van der Waals surface area contributed by atoms with Gasteiger partial charge < -0.3 is 20.4 Å². The van der Waals surface area contributed by atoms with E-state index in [0.717, 1.165) is 48.0 Å². The van der Waals surface area contributed by atoms with E-state index in [1.807, 2.05) is 62.6 Å². The maximum Gasteiger partial charge on any atom is 0.279 e. The average molecular weight is 429 g/mol. The molecule has 160 valence electrons. The van der Waals surface area contributed by atoms with Crippen molar-refractivity contribution in [1.29, 1.82) is 0 Å². The highest BCUT2D eigenvalue weighted by molar-refractivity contribution is 7.98. The van der Waals surface area contributed by atoms with Gasteiger partial charge in [-0.1, -0.05) is 18.2 Å². The lowest BCUT2D eigenvalue weighted by Gasteiger charge is -2.29. The van der Waals surface area contributed by atoms with Gasteiger partial charge in [0.1, 0.15) is 26.2 Å². The summed E-state index contributed by atoms with van der Waals surface area (Å²) in [6.45, 7) is 8.58. The Labute approximate surface area is 183 Å². The molecular formula is C23H32N4O2S+2. The molecule has 1 saturated heterocycles. The summed E-state index contributed by atoms with van der Waals surface area (Å²) in [7, 11) is 0. The fourth-order valence-corrected chi connectivity index (χ4v) is 4.21. The van der Waals surface area contributed by atoms with E-state index >= 15 is 0 Å². The number of hydrogen-bond donors (Lipinski definition) is 4. The van der Waals surface area contributed by atoms with Crippen molar-refractivity contribution in [3.05, 3.63) is 53.6 Å². The number of carbonyl (C=O) groups excluding carboxylic acids is 2. The quantitative estimate of drug-likeness (QED) is 0.483. The molecule has 0 unspecified atom stereocenters. The van der Waals surface area contributed by atoms with Gasteiger partial charge in [-0.2, -0.15) is 0 Å². The van der Waals surface area contributed by atoms with Crippen LogP contribution < -0.4 is 20.4 Å². The normalized spacial score (nSPS) is 18.6. The van der Waals surface area contributed by atoms with Crippen LogP contribution in [0.2, 0.25) is 0 Å². The van der Waals surface area contributed by atoms with E-state index in [-0.39, 0.29) is 11.8 Å². The first-order valence-electron chi connectivity index (χ1n) is 10.4. The third-order valence-electron chi connectivity index (χ3n) is 5.72. The van der Waals surface area contributed by atoms with Crippen LogP contribution in [0.4, 0.5) is 11.4 Å². The Morgan fingerprint density at radius 1 is 0.900 bits per heavy atom. The number of hydrogen-bond acceptors (Lipinski definition) is 3. The second-order valence-corrected chi connectivity index (χ2v) is 8.81. The molecule has 0 aliphatic carbocycles. The van der Waals surface area contributed by atoms with Gasteiger partial charge in [0.25, 0.3) is 11.8 Å². The predicted octanol–water partition coefficient (Wildman–Crippen LogP) is 0.386. The largest absolute Gasteiger partial charge is 0.321 e. The lowest BCUT2D eigenvalue weighted by molar-refractivity contribution is -1.00. The highest BCUT2D eigenvalue weighted by Crippen LogP contribution is 2.19. The standard InChI is InChI=1S/C23H30N4O2S/c1-17-6-4-9-21(18(17)2)25-23(29)16-27-12-10-26(11-13-27)15-22(28)24-19-7-5-8-20(14-19)30-3/h4-9,14H,10-13,15-16H2,1-3H3,(H,24,28)(H,25,29)/p+2. The molecule has 1 aliphatic heterocycles. The first-order chi connectivity index (χ1) is 14.4. The average Bonchev–Trinajstić information content (AvgIpc) is 2.73. The van der Waals surface area contributed by atoms with Crippen molar-refractivity contribution in [1.82, 2.24) is 0 Å². The SMILES string of the molecule is CSc1cccc(NC(=O)C[NH+]2CC[NH+](CC(=O)Nc3cccc(C)c3C)CC2)c1. The van der Waals surface area contributed by atoms with Gasteiger partial charge in [-0.3, -0.25) is 9.59 Å². The molecule has 1 heterocycles. The van der Waals surface area contributed by atoms with E-state index in [4.69, 9.17) is 0 Å². The maximum absolute atomic E-state index is 12.5. The van der Waals surface area contributed by atoms with E-state index < -0.39 is 0 Å². The zero-order valence-electron chi connectivity index (χ0n) is 18.0. The molecule has 0 aromatic heterocycles. The van der Waals surface area contributed by atoms with Crippen LogP contribution in [0.15, 0.2) is 47.4 Å². The van der Waals surface area contributed by atoms with Crippen LogP contribution in [-0.2, 0) is 9.59 Å². The van der Waals surface area contributed by atoms with Crippen molar-refractivity contribution in [3.8, 4) is 0 Å². The molecule has 30 heavy (non-hydrogen) atoms. The van der Waals surface area contributed by atoms with Gasteiger partial charge in [0, 0.05) is 16.3 Å². The summed E-state index contributed by atoms with van der Waals surface area (Å²) < 4.78 is 0. The Hall–Kier alpha value is -2.35. The van der Waals surface area contributed by atoms with E-state index in [0.29, 0.717) is 13.1 Å². The van der Waals surface area contributed by atoms with Crippen LogP contribution in [0, 0.1) is 13.8 Å². The van der Waals surface area contributed by atoms with Crippen LogP contribution in [0.25, 0.3) is 0 Å². The molecule has 6 nitrogen and oxygen atoms in total. The summed E-state index contributed by atoms with van der Waals surface area (Å²) in [5.74, 6) is 0.0907.